The van der Waals surface area contributed by atoms with Crippen molar-refractivity contribution in [3.05, 3.63) is 22.2 Å². The molecule has 1 aromatic carbocycles. The molecular weight excluding hydrogens is 264 g/mol. The van der Waals surface area contributed by atoms with Crippen molar-refractivity contribution in [2.75, 3.05) is 5.73 Å². The molecule has 1 rings (SSSR count). The number of rotatable bonds is 1. The van der Waals surface area contributed by atoms with Gasteiger partial charge in [0, 0.05) is 10.7 Å². The van der Waals surface area contributed by atoms with E-state index in [4.69, 9.17) is 28.9 Å². The summed E-state index contributed by atoms with van der Waals surface area (Å²) in [5.74, 6) is 0. The van der Waals surface area contributed by atoms with Crippen molar-refractivity contribution in [2.24, 2.45) is 0 Å². The van der Waals surface area contributed by atoms with Crippen molar-refractivity contribution in [2.45, 2.75) is 0 Å². The summed E-state index contributed by atoms with van der Waals surface area (Å²) in [4.78, 5) is 0. The van der Waals surface area contributed by atoms with Crippen LogP contribution in [0, 0.1) is 0 Å². The first-order valence-corrected chi connectivity index (χ1v) is 4.02. The molecule has 0 heterocycles. The van der Waals surface area contributed by atoms with Gasteiger partial charge in [0.15, 0.2) is 0 Å². The van der Waals surface area contributed by atoms with E-state index in [0.29, 0.717) is 0 Å². The van der Waals surface area contributed by atoms with Crippen LogP contribution < -0.4 is 62.6 Å². The Balaban J connectivity index is 0.00000169. The maximum Gasteiger partial charge on any atom is 1.00 e. The Morgan fingerprint density at radius 3 is 2.07 bits per heavy atom. The number of halogens is 5. The molecule has 0 spiro atoms. The number of hydrogen-bond acceptors (Lipinski definition) is 1. The SMILES string of the molecule is Nc1c(Cl)cc(Cl)cc1[B-](F)(F)F.[K+]. The van der Waals surface area contributed by atoms with Gasteiger partial charge in [-0.1, -0.05) is 34.7 Å². The molecule has 0 aliphatic heterocycles. The summed E-state index contributed by atoms with van der Waals surface area (Å²) in [6.45, 7) is -5.16. The molecule has 0 atom stereocenters. The average molecular weight is 268 g/mol. The fraction of sp³-hybridized carbons (Fsp3) is 0. The molecule has 0 radical (unpaired) electrons. The van der Waals surface area contributed by atoms with Crippen LogP contribution in [0.2, 0.25) is 10.0 Å². The molecule has 1 aromatic rings. The van der Waals surface area contributed by atoms with Gasteiger partial charge in [-0.15, -0.1) is 0 Å². The molecule has 8 heteroatoms. The minimum atomic E-state index is -5.16. The van der Waals surface area contributed by atoms with Gasteiger partial charge in [-0.05, 0) is 6.07 Å². The Hall–Kier alpha value is 1.09. The third-order valence-corrected chi connectivity index (χ3v) is 2.01. The van der Waals surface area contributed by atoms with Crippen LogP contribution in [0.3, 0.4) is 0 Å². The van der Waals surface area contributed by atoms with Gasteiger partial charge in [0.1, 0.15) is 0 Å². The molecule has 0 bridgehead atoms. The van der Waals surface area contributed by atoms with E-state index in [-0.39, 0.29) is 61.4 Å². The van der Waals surface area contributed by atoms with Gasteiger partial charge in [-0.3, -0.25) is 0 Å². The fourth-order valence-electron chi connectivity index (χ4n) is 0.875. The molecule has 0 aromatic heterocycles. The van der Waals surface area contributed by atoms with Gasteiger partial charge >= 0.3 is 58.4 Å². The molecule has 0 aliphatic rings. The van der Waals surface area contributed by atoms with Crippen molar-refractivity contribution in [1.82, 2.24) is 0 Å². The number of hydrogen-bond donors (Lipinski definition) is 1. The van der Waals surface area contributed by atoms with Crippen LogP contribution in [0.25, 0.3) is 0 Å². The Morgan fingerprint density at radius 2 is 1.64 bits per heavy atom. The second-order valence-electron chi connectivity index (χ2n) is 2.47. The van der Waals surface area contributed by atoms with Gasteiger partial charge < -0.3 is 18.7 Å². The summed E-state index contributed by atoms with van der Waals surface area (Å²) in [5.41, 5.74) is 3.72. The number of nitrogens with two attached hydrogens (primary N) is 1. The molecule has 14 heavy (non-hydrogen) atoms. The second kappa shape index (κ2) is 5.43. The molecule has 2 N–H and O–H groups in total. The topological polar surface area (TPSA) is 26.0 Å². The zero-order valence-electron chi connectivity index (χ0n) is 7.20. The third kappa shape index (κ3) is 3.59. The molecule has 1 nitrogen and oxygen atoms in total. The molecule has 0 saturated heterocycles. The largest absolute Gasteiger partial charge is 1.00 e. The van der Waals surface area contributed by atoms with Crippen LogP contribution in [-0.4, -0.2) is 6.98 Å². The minimum absolute atomic E-state index is 0. The maximum atomic E-state index is 12.3. The summed E-state index contributed by atoms with van der Waals surface area (Å²) in [7, 11) is 0. The van der Waals surface area contributed by atoms with E-state index >= 15 is 0 Å². The van der Waals surface area contributed by atoms with Crippen LogP contribution in [-0.2, 0) is 0 Å². The van der Waals surface area contributed by atoms with Crippen molar-refractivity contribution in [3.63, 3.8) is 0 Å². The first-order chi connectivity index (χ1) is 5.82. The summed E-state index contributed by atoms with van der Waals surface area (Å²) in [6, 6.07) is 1.94. The van der Waals surface area contributed by atoms with Crippen LogP contribution in [0.5, 0.6) is 0 Å². The average Bonchev–Trinajstić information content (AvgIpc) is 1.94. The van der Waals surface area contributed by atoms with Gasteiger partial charge in [0.05, 0.1) is 5.02 Å². The summed E-state index contributed by atoms with van der Waals surface area (Å²) in [6.07, 6.45) is 0. The van der Waals surface area contributed by atoms with Crippen LogP contribution >= 0.6 is 23.2 Å². The number of nitrogen functional groups attached to an aromatic ring is 1. The molecule has 0 aliphatic carbocycles. The fourth-order valence-corrected chi connectivity index (χ4v) is 1.38. The Morgan fingerprint density at radius 1 is 1.14 bits per heavy atom. The maximum absolute atomic E-state index is 12.3. The van der Waals surface area contributed by atoms with E-state index in [1.807, 2.05) is 0 Å². The van der Waals surface area contributed by atoms with Gasteiger partial charge in [0.25, 0.3) is 0 Å². The van der Waals surface area contributed by atoms with Gasteiger partial charge in [-0.2, -0.15) is 0 Å². The summed E-state index contributed by atoms with van der Waals surface area (Å²) in [5, 5.41) is -0.255. The molecular formula is C6H4BCl2F3KN. The Bertz CT molecular complexity index is 345. The third-order valence-electron chi connectivity index (χ3n) is 1.48. The van der Waals surface area contributed by atoms with Gasteiger partial charge in [0.2, 0.25) is 0 Å². The van der Waals surface area contributed by atoms with Crippen molar-refractivity contribution < 1.29 is 64.3 Å². The smallest absolute Gasteiger partial charge is 0.445 e. The van der Waals surface area contributed by atoms with E-state index in [1.165, 1.54) is 6.07 Å². The normalized spacial score (nSPS) is 10.9. The minimum Gasteiger partial charge on any atom is -0.445 e. The predicted octanol–water partition coefficient (Wildman–Crippen LogP) is -0.366. The van der Waals surface area contributed by atoms with Crippen molar-refractivity contribution >= 4 is 41.3 Å². The van der Waals surface area contributed by atoms with E-state index < -0.39 is 18.1 Å². The van der Waals surface area contributed by atoms with Crippen molar-refractivity contribution in [3.8, 4) is 0 Å². The van der Waals surface area contributed by atoms with E-state index in [0.717, 1.165) is 6.07 Å². The zero-order chi connectivity index (χ0) is 10.2. The van der Waals surface area contributed by atoms with Gasteiger partial charge in [-0.25, -0.2) is 0 Å². The molecule has 0 unspecified atom stereocenters. The summed E-state index contributed by atoms with van der Waals surface area (Å²) >= 11 is 10.8. The quantitative estimate of drug-likeness (QED) is 0.546. The second-order valence-corrected chi connectivity index (χ2v) is 3.31. The van der Waals surface area contributed by atoms with Crippen LogP contribution in [0.15, 0.2) is 12.1 Å². The number of benzene rings is 1. The van der Waals surface area contributed by atoms with E-state index in [2.05, 4.69) is 0 Å². The molecule has 0 fully saturated rings. The molecule has 0 amide bonds. The molecule has 0 saturated carbocycles. The van der Waals surface area contributed by atoms with Crippen LogP contribution in [0.4, 0.5) is 18.6 Å². The first-order valence-electron chi connectivity index (χ1n) is 3.26. The first kappa shape index (κ1) is 15.1. The van der Waals surface area contributed by atoms with Crippen LogP contribution in [0.1, 0.15) is 0 Å². The Kier molecular flexibility index (Phi) is 5.85. The monoisotopic (exact) mass is 267 g/mol. The Labute approximate surface area is 132 Å². The predicted molar refractivity (Wildman–Crippen MR) is 49.6 cm³/mol. The van der Waals surface area contributed by atoms with E-state index in [1.54, 1.807) is 0 Å². The molecule has 72 valence electrons. The van der Waals surface area contributed by atoms with E-state index in [9.17, 15) is 12.9 Å². The summed E-state index contributed by atoms with van der Waals surface area (Å²) < 4.78 is 36.8. The van der Waals surface area contributed by atoms with Crippen molar-refractivity contribution in [1.29, 1.82) is 0 Å². The number of anilines is 1. The zero-order valence-corrected chi connectivity index (χ0v) is 11.8. The standard InChI is InChI=1S/C6H4BCl2F3N.K/c8-3-1-4(7(10,11)12)6(13)5(9)2-3;/h1-2H,13H2;/q-1;+1.